The minimum Gasteiger partial charge on any atom is -0.417 e. The van der Waals surface area contributed by atoms with E-state index in [1.54, 1.807) is 12.3 Å². The van der Waals surface area contributed by atoms with Crippen LogP contribution in [0.2, 0.25) is 0 Å². The van der Waals surface area contributed by atoms with Crippen LogP contribution < -0.4 is 4.74 Å². The Labute approximate surface area is 93.9 Å². The van der Waals surface area contributed by atoms with Gasteiger partial charge in [0.1, 0.15) is 12.0 Å². The lowest BCUT2D eigenvalue weighted by molar-refractivity contribution is 0.276. The van der Waals surface area contributed by atoms with Crippen LogP contribution in [0.5, 0.6) is 11.8 Å². The third-order valence-corrected chi connectivity index (χ3v) is 2.01. The Bertz CT molecular complexity index is 458. The van der Waals surface area contributed by atoms with Crippen LogP contribution >= 0.6 is 15.9 Å². The maximum absolute atomic E-state index is 8.76. The van der Waals surface area contributed by atoms with E-state index >= 15 is 0 Å². The van der Waals surface area contributed by atoms with Crippen LogP contribution in [0.25, 0.3) is 0 Å². The maximum Gasteiger partial charge on any atom is 0.399 e. The molecule has 78 valence electrons. The van der Waals surface area contributed by atoms with Gasteiger partial charge >= 0.3 is 6.08 Å². The molecule has 2 aromatic heterocycles. The predicted molar refractivity (Wildman–Crippen MR) is 54.4 cm³/mol. The number of hydrogen-bond donors (Lipinski definition) is 1. The monoisotopic (exact) mass is 270 g/mol. The minimum absolute atomic E-state index is 0.0824. The molecule has 6 heteroatoms. The summed E-state index contributed by atoms with van der Waals surface area (Å²) in [5, 5.41) is 8.76. The van der Waals surface area contributed by atoms with Crippen LogP contribution in [0.1, 0.15) is 5.69 Å². The largest absolute Gasteiger partial charge is 0.417 e. The number of oxazole rings is 1. The number of nitrogens with zero attached hydrogens (tertiary/aromatic N) is 2. The van der Waals surface area contributed by atoms with Crippen molar-refractivity contribution in [2.24, 2.45) is 0 Å². The van der Waals surface area contributed by atoms with Gasteiger partial charge in [0.05, 0.1) is 12.8 Å². The summed E-state index contributed by atoms with van der Waals surface area (Å²) in [6.07, 6.45) is 4.59. The second kappa shape index (κ2) is 4.41. The average molecular weight is 271 g/mol. The van der Waals surface area contributed by atoms with Crippen molar-refractivity contribution < 1.29 is 14.3 Å². The number of aliphatic hydroxyl groups is 1. The third-order valence-electron chi connectivity index (χ3n) is 1.58. The highest BCUT2D eigenvalue weighted by Gasteiger charge is 2.05. The Morgan fingerprint density at radius 2 is 2.33 bits per heavy atom. The van der Waals surface area contributed by atoms with Gasteiger partial charge < -0.3 is 14.3 Å². The molecule has 0 aromatic carbocycles. The van der Waals surface area contributed by atoms with Crippen LogP contribution in [0.4, 0.5) is 0 Å². The van der Waals surface area contributed by atoms with E-state index in [9.17, 15) is 0 Å². The fourth-order valence-corrected chi connectivity index (χ4v) is 1.30. The van der Waals surface area contributed by atoms with Crippen LogP contribution in [0, 0.1) is 0 Å². The molecule has 0 aliphatic rings. The zero-order valence-electron chi connectivity index (χ0n) is 7.55. The summed E-state index contributed by atoms with van der Waals surface area (Å²) in [7, 11) is 0. The van der Waals surface area contributed by atoms with E-state index in [0.717, 1.165) is 4.47 Å². The standard InChI is InChI=1S/C9H7BrN2O3/c10-6-1-8(3-11-2-6)15-9-12-7(4-13)5-14-9/h1-3,5,13H,4H2. The van der Waals surface area contributed by atoms with Crippen LogP contribution in [-0.4, -0.2) is 15.1 Å². The van der Waals surface area contributed by atoms with E-state index in [1.807, 2.05) is 0 Å². The Morgan fingerprint density at radius 1 is 1.47 bits per heavy atom. The Morgan fingerprint density at radius 3 is 3.00 bits per heavy atom. The van der Waals surface area contributed by atoms with E-state index in [-0.39, 0.29) is 12.7 Å². The van der Waals surface area contributed by atoms with Crippen LogP contribution in [0.15, 0.2) is 33.6 Å². The molecule has 0 saturated heterocycles. The molecule has 0 unspecified atom stereocenters. The highest BCUT2D eigenvalue weighted by molar-refractivity contribution is 9.10. The lowest BCUT2D eigenvalue weighted by Crippen LogP contribution is -1.87. The number of rotatable bonds is 3. The predicted octanol–water partition coefficient (Wildman–Crippen LogP) is 2.12. The van der Waals surface area contributed by atoms with Crippen molar-refractivity contribution in [3.8, 4) is 11.8 Å². The zero-order chi connectivity index (χ0) is 10.7. The lowest BCUT2D eigenvalue weighted by atomic mass is 10.5. The molecule has 0 radical (unpaired) electrons. The third kappa shape index (κ3) is 2.54. The quantitative estimate of drug-likeness (QED) is 0.925. The fourth-order valence-electron chi connectivity index (χ4n) is 0.957. The summed E-state index contributed by atoms with van der Waals surface area (Å²) in [5.74, 6) is 0.510. The first kappa shape index (κ1) is 10.1. The summed E-state index contributed by atoms with van der Waals surface area (Å²) >= 11 is 3.26. The molecule has 0 aliphatic heterocycles. The van der Waals surface area contributed by atoms with Gasteiger partial charge in [-0.1, -0.05) is 0 Å². The average Bonchev–Trinajstić information content (AvgIpc) is 2.65. The van der Waals surface area contributed by atoms with Gasteiger partial charge in [-0.15, -0.1) is 0 Å². The molecule has 0 spiro atoms. The molecule has 0 fully saturated rings. The fraction of sp³-hybridized carbons (Fsp3) is 0.111. The van der Waals surface area contributed by atoms with E-state index < -0.39 is 0 Å². The van der Waals surface area contributed by atoms with Gasteiger partial charge in [-0.25, -0.2) is 0 Å². The van der Waals surface area contributed by atoms with Crippen molar-refractivity contribution in [2.75, 3.05) is 0 Å². The molecular weight excluding hydrogens is 264 g/mol. The van der Waals surface area contributed by atoms with Gasteiger partial charge in [-0.3, -0.25) is 4.98 Å². The first-order chi connectivity index (χ1) is 7.28. The van der Waals surface area contributed by atoms with Crippen molar-refractivity contribution in [2.45, 2.75) is 6.61 Å². The van der Waals surface area contributed by atoms with Crippen molar-refractivity contribution in [1.82, 2.24) is 9.97 Å². The summed E-state index contributed by atoms with van der Waals surface area (Å²) in [4.78, 5) is 7.79. The molecule has 0 saturated carbocycles. The summed E-state index contributed by atoms with van der Waals surface area (Å²) in [6, 6.07) is 1.73. The highest BCUT2D eigenvalue weighted by Crippen LogP contribution is 2.22. The van der Waals surface area contributed by atoms with Crippen molar-refractivity contribution in [1.29, 1.82) is 0 Å². The van der Waals surface area contributed by atoms with Gasteiger partial charge in [-0.2, -0.15) is 4.98 Å². The van der Waals surface area contributed by atoms with E-state index in [1.165, 1.54) is 12.5 Å². The molecule has 0 amide bonds. The maximum atomic E-state index is 8.76. The van der Waals surface area contributed by atoms with Gasteiger partial charge in [0.15, 0.2) is 5.75 Å². The number of pyridine rings is 1. The van der Waals surface area contributed by atoms with Crippen LogP contribution in [0.3, 0.4) is 0 Å². The summed E-state index contributed by atoms with van der Waals surface area (Å²) < 4.78 is 11.0. The Hall–Kier alpha value is -1.40. The molecule has 0 bridgehead atoms. The second-order valence-corrected chi connectivity index (χ2v) is 3.62. The smallest absolute Gasteiger partial charge is 0.399 e. The van der Waals surface area contributed by atoms with Gasteiger partial charge in [-0.05, 0) is 22.0 Å². The number of halogens is 1. The van der Waals surface area contributed by atoms with Crippen molar-refractivity contribution >= 4 is 15.9 Å². The first-order valence-electron chi connectivity index (χ1n) is 4.11. The molecule has 1 N–H and O–H groups in total. The van der Waals surface area contributed by atoms with Gasteiger partial charge in [0.25, 0.3) is 0 Å². The van der Waals surface area contributed by atoms with Crippen molar-refractivity contribution in [3.05, 3.63) is 34.9 Å². The highest BCUT2D eigenvalue weighted by atomic mass is 79.9. The molecule has 15 heavy (non-hydrogen) atoms. The normalized spacial score (nSPS) is 10.3. The molecule has 2 heterocycles. The second-order valence-electron chi connectivity index (χ2n) is 2.70. The summed E-state index contributed by atoms with van der Waals surface area (Å²) in [6.45, 7) is -0.177. The topological polar surface area (TPSA) is 68.4 Å². The summed E-state index contributed by atoms with van der Waals surface area (Å²) in [5.41, 5.74) is 0.424. The van der Waals surface area contributed by atoms with Gasteiger partial charge in [0.2, 0.25) is 0 Å². The Kier molecular flexibility index (Phi) is 2.98. The van der Waals surface area contributed by atoms with Crippen molar-refractivity contribution in [3.63, 3.8) is 0 Å². The lowest BCUT2D eigenvalue weighted by Gasteiger charge is -1.99. The number of hydrogen-bond acceptors (Lipinski definition) is 5. The Balaban J connectivity index is 2.14. The zero-order valence-corrected chi connectivity index (χ0v) is 9.14. The number of ether oxygens (including phenoxy) is 1. The molecule has 2 rings (SSSR count). The van der Waals surface area contributed by atoms with Gasteiger partial charge in [0, 0.05) is 10.7 Å². The molecule has 0 atom stereocenters. The molecule has 2 aromatic rings. The molecule has 5 nitrogen and oxygen atoms in total. The molecule has 0 aliphatic carbocycles. The van der Waals surface area contributed by atoms with E-state index in [0.29, 0.717) is 11.4 Å². The number of aliphatic hydroxyl groups excluding tert-OH is 1. The number of aromatic nitrogens is 2. The van der Waals surface area contributed by atoms with Crippen LogP contribution in [-0.2, 0) is 6.61 Å². The first-order valence-corrected chi connectivity index (χ1v) is 4.91. The van der Waals surface area contributed by atoms with E-state index in [2.05, 4.69) is 25.9 Å². The molecular formula is C9H7BrN2O3. The SMILES string of the molecule is OCc1coc(Oc2cncc(Br)c2)n1. The minimum atomic E-state index is -0.177. The van der Waals surface area contributed by atoms with E-state index in [4.69, 9.17) is 14.3 Å².